The maximum atomic E-state index is 13.6. The fourth-order valence-electron chi connectivity index (χ4n) is 4.15. The predicted octanol–water partition coefficient (Wildman–Crippen LogP) is 6.89. The van der Waals surface area contributed by atoms with E-state index >= 15 is 0 Å². The Morgan fingerprint density at radius 3 is 2.27 bits per heavy atom. The maximum Gasteiger partial charge on any atom is 0.272 e. The highest BCUT2D eigenvalue weighted by atomic mass is 35.5. The number of halogens is 1. The Labute approximate surface area is 270 Å². The van der Waals surface area contributed by atoms with Crippen molar-refractivity contribution in [1.29, 1.82) is 0 Å². The zero-order chi connectivity index (χ0) is 32.3. The lowest BCUT2D eigenvalue weighted by atomic mass is 10.1. The lowest BCUT2D eigenvalue weighted by Gasteiger charge is -2.15. The molecular weight excluding hydrogens is 614 g/mol. The molecule has 0 radical (unpaired) electrons. The van der Waals surface area contributed by atoms with E-state index in [1.807, 2.05) is 6.07 Å². The summed E-state index contributed by atoms with van der Waals surface area (Å²) >= 11 is 7.40. The Morgan fingerprint density at radius 1 is 0.800 bits per heavy atom. The fraction of sp³-hybridized carbons (Fsp3) is 0.147. The van der Waals surface area contributed by atoms with Crippen molar-refractivity contribution in [3.05, 3.63) is 113 Å². The number of hydrogen-bond acceptors (Lipinski definition) is 7. The van der Waals surface area contributed by atoms with Crippen LogP contribution in [-0.2, 0) is 9.59 Å². The quantitative estimate of drug-likeness (QED) is 0.113. The minimum atomic E-state index is -0.557. The summed E-state index contributed by atoms with van der Waals surface area (Å²) in [7, 11) is 4.56. The van der Waals surface area contributed by atoms with Crippen LogP contribution >= 0.6 is 23.4 Å². The molecular formula is C34H32ClN3O6S. The van der Waals surface area contributed by atoms with Gasteiger partial charge >= 0.3 is 0 Å². The van der Waals surface area contributed by atoms with E-state index in [4.69, 9.17) is 25.8 Å². The molecule has 3 amide bonds. The molecule has 0 fully saturated rings. The van der Waals surface area contributed by atoms with Gasteiger partial charge in [0.2, 0.25) is 5.91 Å². The first kappa shape index (κ1) is 33.0. The number of thioether (sulfide) groups is 1. The van der Waals surface area contributed by atoms with Gasteiger partial charge in [0.1, 0.15) is 22.9 Å². The molecule has 0 saturated heterocycles. The van der Waals surface area contributed by atoms with Gasteiger partial charge in [0, 0.05) is 32.8 Å². The molecule has 4 aromatic carbocycles. The topological polar surface area (TPSA) is 115 Å². The van der Waals surface area contributed by atoms with E-state index in [1.54, 1.807) is 99.0 Å². The fourth-order valence-corrected chi connectivity index (χ4v) is 5.25. The number of hydrogen-bond donors (Lipinski definition) is 3. The summed E-state index contributed by atoms with van der Waals surface area (Å²) < 4.78 is 16.1. The van der Waals surface area contributed by atoms with Gasteiger partial charge in [-0.1, -0.05) is 35.9 Å². The monoisotopic (exact) mass is 645 g/mol. The Bertz CT molecular complexity index is 1710. The lowest BCUT2D eigenvalue weighted by Crippen LogP contribution is -2.30. The van der Waals surface area contributed by atoms with Crippen LogP contribution in [0.25, 0.3) is 6.08 Å². The second kappa shape index (κ2) is 15.7. The first-order chi connectivity index (χ1) is 21.7. The van der Waals surface area contributed by atoms with Crippen molar-refractivity contribution in [2.45, 2.75) is 17.1 Å². The molecule has 0 bridgehead atoms. The van der Waals surface area contributed by atoms with Crippen LogP contribution in [0.2, 0.25) is 5.02 Å². The van der Waals surface area contributed by atoms with E-state index < -0.39 is 17.1 Å². The van der Waals surface area contributed by atoms with E-state index in [-0.39, 0.29) is 11.6 Å². The van der Waals surface area contributed by atoms with E-state index in [9.17, 15) is 14.4 Å². The molecule has 3 N–H and O–H groups in total. The summed E-state index contributed by atoms with van der Waals surface area (Å²) in [5.74, 6) is 0.257. The summed E-state index contributed by atoms with van der Waals surface area (Å²) in [5.41, 5.74) is 1.87. The number of anilines is 2. The normalized spacial score (nSPS) is 11.6. The zero-order valence-electron chi connectivity index (χ0n) is 25.1. The van der Waals surface area contributed by atoms with Gasteiger partial charge in [-0.15, -0.1) is 11.8 Å². The zero-order valence-corrected chi connectivity index (χ0v) is 26.6. The average Bonchev–Trinajstić information content (AvgIpc) is 3.05. The van der Waals surface area contributed by atoms with Crippen molar-refractivity contribution in [3.8, 4) is 17.2 Å². The molecule has 9 nitrogen and oxygen atoms in total. The Morgan fingerprint density at radius 2 is 1.56 bits per heavy atom. The molecule has 4 aromatic rings. The van der Waals surface area contributed by atoms with Gasteiger partial charge in [0.05, 0.1) is 32.3 Å². The van der Waals surface area contributed by atoms with Crippen molar-refractivity contribution in [3.63, 3.8) is 0 Å². The molecule has 0 aromatic heterocycles. The molecule has 1 atom stereocenters. The van der Waals surface area contributed by atoms with Crippen LogP contribution in [0.4, 0.5) is 11.4 Å². The summed E-state index contributed by atoms with van der Waals surface area (Å²) in [6.45, 7) is 1.77. The van der Waals surface area contributed by atoms with Crippen molar-refractivity contribution in [2.75, 3.05) is 32.0 Å². The molecule has 0 spiro atoms. The van der Waals surface area contributed by atoms with Crippen molar-refractivity contribution < 1.29 is 28.6 Å². The van der Waals surface area contributed by atoms with E-state index in [2.05, 4.69) is 16.0 Å². The average molecular weight is 646 g/mol. The summed E-state index contributed by atoms with van der Waals surface area (Å²) in [6, 6.07) is 25.7. The molecule has 0 aliphatic rings. The lowest BCUT2D eigenvalue weighted by molar-refractivity contribution is -0.115. The third kappa shape index (κ3) is 9.04. The summed E-state index contributed by atoms with van der Waals surface area (Å²) in [6.07, 6.45) is 1.53. The predicted molar refractivity (Wildman–Crippen MR) is 178 cm³/mol. The van der Waals surface area contributed by atoms with Crippen molar-refractivity contribution >= 4 is 58.5 Å². The molecule has 1 unspecified atom stereocenters. The first-order valence-electron chi connectivity index (χ1n) is 13.7. The Hall–Kier alpha value is -4.93. The van der Waals surface area contributed by atoms with E-state index in [0.29, 0.717) is 44.8 Å². The molecule has 4 rings (SSSR count). The summed E-state index contributed by atoms with van der Waals surface area (Å²) in [5, 5.41) is 8.40. The van der Waals surface area contributed by atoms with E-state index in [0.717, 1.165) is 4.90 Å². The minimum absolute atomic E-state index is 0.00593. The molecule has 0 aliphatic heterocycles. The number of amides is 3. The standard InChI is InChI=1S/C34H32ClN3O6S/c1-21(32(39)37-28-18-24(35)14-16-30(28)43-3)45-27-12-8-11-25(19-27)36-34(41)29(38-33(40)22-9-6-5-7-10-22)17-23-13-15-26(42-2)20-31(23)44-4/h5-21H,1-4H3,(H,36,41)(H,37,39)(H,38,40)/b29-17+. The highest BCUT2D eigenvalue weighted by molar-refractivity contribution is 8.00. The van der Waals surface area contributed by atoms with Crippen molar-refractivity contribution in [1.82, 2.24) is 5.32 Å². The van der Waals surface area contributed by atoms with Crippen LogP contribution in [0.3, 0.4) is 0 Å². The number of methoxy groups -OCH3 is 3. The molecule has 45 heavy (non-hydrogen) atoms. The van der Waals surface area contributed by atoms with Gasteiger partial charge < -0.3 is 30.2 Å². The number of benzene rings is 4. The number of carbonyl (C=O) groups excluding carboxylic acids is 3. The number of nitrogens with one attached hydrogen (secondary N) is 3. The van der Waals surface area contributed by atoms with Gasteiger partial charge in [0.25, 0.3) is 11.8 Å². The molecule has 0 aliphatic carbocycles. The number of ether oxygens (including phenoxy) is 3. The molecule has 0 saturated carbocycles. The second-order valence-electron chi connectivity index (χ2n) is 9.56. The van der Waals surface area contributed by atoms with Gasteiger partial charge in [0.15, 0.2) is 0 Å². The van der Waals surface area contributed by atoms with Crippen LogP contribution in [0.15, 0.2) is 102 Å². The van der Waals surface area contributed by atoms with Crippen molar-refractivity contribution in [2.24, 2.45) is 0 Å². The van der Waals surface area contributed by atoms with Crippen LogP contribution in [0.5, 0.6) is 17.2 Å². The van der Waals surface area contributed by atoms with Crippen LogP contribution in [-0.4, -0.2) is 44.3 Å². The highest BCUT2D eigenvalue weighted by Gasteiger charge is 2.19. The third-order valence-corrected chi connectivity index (χ3v) is 7.79. The second-order valence-corrected chi connectivity index (χ2v) is 11.4. The van der Waals surface area contributed by atoms with Gasteiger partial charge in [-0.2, -0.15) is 0 Å². The van der Waals surface area contributed by atoms with Gasteiger partial charge in [-0.3, -0.25) is 14.4 Å². The maximum absolute atomic E-state index is 13.6. The largest absolute Gasteiger partial charge is 0.497 e. The minimum Gasteiger partial charge on any atom is -0.497 e. The summed E-state index contributed by atoms with van der Waals surface area (Å²) in [4.78, 5) is 40.3. The van der Waals surface area contributed by atoms with Crippen LogP contribution in [0.1, 0.15) is 22.8 Å². The van der Waals surface area contributed by atoms with Gasteiger partial charge in [-0.25, -0.2) is 0 Å². The number of carbonyl (C=O) groups is 3. The van der Waals surface area contributed by atoms with Crippen LogP contribution in [0, 0.1) is 0 Å². The van der Waals surface area contributed by atoms with Gasteiger partial charge in [-0.05, 0) is 73.7 Å². The first-order valence-corrected chi connectivity index (χ1v) is 15.0. The SMILES string of the molecule is COc1ccc(/C=C(/NC(=O)c2ccccc2)C(=O)Nc2cccc(SC(C)C(=O)Nc3cc(Cl)ccc3OC)c2)c(OC)c1. The Balaban J connectivity index is 1.53. The molecule has 11 heteroatoms. The van der Waals surface area contributed by atoms with Crippen LogP contribution < -0.4 is 30.2 Å². The smallest absolute Gasteiger partial charge is 0.272 e. The molecule has 0 heterocycles. The number of rotatable bonds is 12. The highest BCUT2D eigenvalue weighted by Crippen LogP contribution is 2.31. The molecule has 232 valence electrons. The Kier molecular flexibility index (Phi) is 11.5. The third-order valence-electron chi connectivity index (χ3n) is 6.46. The van der Waals surface area contributed by atoms with E-state index in [1.165, 1.54) is 32.1 Å².